The molecule has 1 aliphatic rings. The number of hydrogen-bond acceptors (Lipinski definition) is 5. The number of carbonyl (C=O) groups excluding carboxylic acids is 1. The van der Waals surface area contributed by atoms with Gasteiger partial charge in [0.05, 0.1) is 41.8 Å². The third-order valence-electron chi connectivity index (χ3n) is 6.03. The van der Waals surface area contributed by atoms with Crippen molar-refractivity contribution in [3.8, 4) is 11.4 Å². The maximum absolute atomic E-state index is 13.9. The molecule has 1 fully saturated rings. The molecule has 8 nitrogen and oxygen atoms in total. The van der Waals surface area contributed by atoms with Crippen molar-refractivity contribution >= 4 is 16.9 Å². The van der Waals surface area contributed by atoms with Gasteiger partial charge in [-0.15, -0.1) is 0 Å². The standard InChI is InChI=1S/C24H24N6O2/c1-15-5-8-21(30-25-9-10-26-30)18(11-15)22(31)29-14-16(2)13-24(29,3)23-27-19-7-6-17(32-4)12-20(19)28-23/h5-12H,2,13-14H2,1,3-4H3,(H,27,28). The number of amides is 1. The zero-order valence-electron chi connectivity index (χ0n) is 18.3. The number of nitrogens with one attached hydrogen (secondary N) is 1. The zero-order valence-corrected chi connectivity index (χ0v) is 18.3. The van der Waals surface area contributed by atoms with Crippen LogP contribution in [-0.4, -0.2) is 49.4 Å². The first-order valence-electron chi connectivity index (χ1n) is 10.4. The van der Waals surface area contributed by atoms with Crippen LogP contribution in [-0.2, 0) is 5.54 Å². The summed E-state index contributed by atoms with van der Waals surface area (Å²) < 4.78 is 5.33. The molecule has 162 valence electrons. The highest BCUT2D eigenvalue weighted by Gasteiger charge is 2.45. The third kappa shape index (κ3) is 3.15. The molecule has 1 atom stereocenters. The number of H-pyrrole nitrogens is 1. The molecule has 32 heavy (non-hydrogen) atoms. The number of hydrogen-bond donors (Lipinski definition) is 1. The molecule has 0 saturated carbocycles. The third-order valence-corrected chi connectivity index (χ3v) is 6.03. The second kappa shape index (κ2) is 7.33. The minimum Gasteiger partial charge on any atom is -0.497 e. The molecule has 3 heterocycles. The normalized spacial score (nSPS) is 18.5. The molecule has 1 saturated heterocycles. The summed E-state index contributed by atoms with van der Waals surface area (Å²) in [5.41, 5.74) is 4.16. The Morgan fingerprint density at radius 3 is 2.72 bits per heavy atom. The minimum absolute atomic E-state index is 0.111. The molecule has 2 aromatic carbocycles. The molecule has 0 aliphatic carbocycles. The van der Waals surface area contributed by atoms with Gasteiger partial charge < -0.3 is 14.6 Å². The van der Waals surface area contributed by atoms with E-state index in [-0.39, 0.29) is 5.91 Å². The largest absolute Gasteiger partial charge is 0.497 e. The van der Waals surface area contributed by atoms with Gasteiger partial charge in [-0.3, -0.25) is 4.79 Å². The molecule has 4 aromatic rings. The van der Waals surface area contributed by atoms with Crippen LogP contribution in [0, 0.1) is 6.92 Å². The van der Waals surface area contributed by atoms with Crippen LogP contribution in [0.4, 0.5) is 0 Å². The van der Waals surface area contributed by atoms with Gasteiger partial charge in [-0.1, -0.05) is 23.8 Å². The number of fused-ring (bicyclic) bond motifs is 1. The van der Waals surface area contributed by atoms with Crippen molar-refractivity contribution in [1.29, 1.82) is 0 Å². The topological polar surface area (TPSA) is 88.9 Å². The van der Waals surface area contributed by atoms with E-state index in [1.807, 2.05) is 55.1 Å². The van der Waals surface area contributed by atoms with Gasteiger partial charge in [0, 0.05) is 19.0 Å². The fourth-order valence-electron chi connectivity index (χ4n) is 4.39. The van der Waals surface area contributed by atoms with Crippen molar-refractivity contribution in [3.05, 3.63) is 77.9 Å². The SMILES string of the molecule is C=C1CN(C(=O)c2cc(C)ccc2-n2nccn2)C(C)(c2nc3cc(OC)ccc3[nH]2)C1. The number of benzene rings is 2. The first-order chi connectivity index (χ1) is 15.4. The molecule has 1 aliphatic heterocycles. The fourth-order valence-corrected chi connectivity index (χ4v) is 4.39. The average Bonchev–Trinajstić information content (AvgIpc) is 3.51. The summed E-state index contributed by atoms with van der Waals surface area (Å²) in [5.74, 6) is 1.35. The lowest BCUT2D eigenvalue weighted by molar-refractivity contribution is 0.0606. The van der Waals surface area contributed by atoms with Gasteiger partial charge in [0.15, 0.2) is 0 Å². The number of nitrogens with zero attached hydrogens (tertiary/aromatic N) is 5. The molecule has 2 aromatic heterocycles. The number of methoxy groups -OCH3 is 1. The Morgan fingerprint density at radius 2 is 1.97 bits per heavy atom. The van der Waals surface area contributed by atoms with Gasteiger partial charge in [-0.05, 0) is 38.1 Å². The number of aromatic nitrogens is 5. The van der Waals surface area contributed by atoms with E-state index >= 15 is 0 Å². The Bertz CT molecular complexity index is 1340. The monoisotopic (exact) mass is 428 g/mol. The van der Waals surface area contributed by atoms with E-state index in [0.717, 1.165) is 33.7 Å². The number of imidazole rings is 1. The van der Waals surface area contributed by atoms with E-state index in [9.17, 15) is 4.79 Å². The summed E-state index contributed by atoms with van der Waals surface area (Å²) in [6.45, 7) is 8.63. The summed E-state index contributed by atoms with van der Waals surface area (Å²) in [6, 6.07) is 11.4. The second-order valence-corrected chi connectivity index (χ2v) is 8.40. The van der Waals surface area contributed by atoms with E-state index in [0.29, 0.717) is 24.2 Å². The van der Waals surface area contributed by atoms with Crippen LogP contribution in [0.2, 0.25) is 0 Å². The summed E-state index contributed by atoms with van der Waals surface area (Å²) >= 11 is 0. The van der Waals surface area contributed by atoms with E-state index in [1.54, 1.807) is 19.5 Å². The molecule has 0 bridgehead atoms. The molecule has 0 spiro atoms. The minimum atomic E-state index is -0.668. The zero-order chi connectivity index (χ0) is 22.5. The first-order valence-corrected chi connectivity index (χ1v) is 10.4. The van der Waals surface area contributed by atoms with Gasteiger partial charge in [0.2, 0.25) is 0 Å². The quantitative estimate of drug-likeness (QED) is 0.500. The van der Waals surface area contributed by atoms with E-state index in [1.165, 1.54) is 4.80 Å². The molecule has 8 heteroatoms. The number of likely N-dealkylation sites (tertiary alicyclic amines) is 1. The molecule has 0 radical (unpaired) electrons. The highest BCUT2D eigenvalue weighted by molar-refractivity contribution is 5.99. The summed E-state index contributed by atoms with van der Waals surface area (Å²) in [7, 11) is 1.63. The van der Waals surface area contributed by atoms with Crippen molar-refractivity contribution in [2.75, 3.05) is 13.7 Å². The number of carbonyl (C=O) groups is 1. The average molecular weight is 428 g/mol. The lowest BCUT2D eigenvalue weighted by Gasteiger charge is -2.33. The van der Waals surface area contributed by atoms with Gasteiger partial charge in [0.25, 0.3) is 5.91 Å². The van der Waals surface area contributed by atoms with Gasteiger partial charge in [0.1, 0.15) is 17.1 Å². The van der Waals surface area contributed by atoms with Gasteiger partial charge in [-0.25, -0.2) is 4.98 Å². The Balaban J connectivity index is 1.60. The summed E-state index contributed by atoms with van der Waals surface area (Å²) in [6.07, 6.45) is 3.81. The van der Waals surface area contributed by atoms with Crippen LogP contribution < -0.4 is 4.74 Å². The number of rotatable bonds is 4. The fraction of sp³-hybridized carbons (Fsp3) is 0.250. The second-order valence-electron chi connectivity index (χ2n) is 8.40. The summed E-state index contributed by atoms with van der Waals surface area (Å²) in [5, 5.41) is 8.45. The number of ether oxygens (including phenoxy) is 1. The highest BCUT2D eigenvalue weighted by Crippen LogP contribution is 2.41. The van der Waals surface area contributed by atoms with Crippen molar-refractivity contribution in [1.82, 2.24) is 29.9 Å². The van der Waals surface area contributed by atoms with Gasteiger partial charge in [-0.2, -0.15) is 15.0 Å². The lowest BCUT2D eigenvalue weighted by atomic mass is 9.95. The van der Waals surface area contributed by atoms with Crippen LogP contribution in [0.3, 0.4) is 0 Å². The smallest absolute Gasteiger partial charge is 0.257 e. The van der Waals surface area contributed by atoms with Crippen LogP contribution in [0.25, 0.3) is 16.7 Å². The summed E-state index contributed by atoms with van der Waals surface area (Å²) in [4.78, 5) is 25.5. The number of aryl methyl sites for hydroxylation is 1. The van der Waals surface area contributed by atoms with E-state index in [4.69, 9.17) is 9.72 Å². The molecule has 1 amide bonds. The Kier molecular flexibility index (Phi) is 4.58. The Labute approximate surface area is 185 Å². The Morgan fingerprint density at radius 1 is 1.19 bits per heavy atom. The molecular formula is C24H24N6O2. The van der Waals surface area contributed by atoms with Crippen molar-refractivity contribution in [3.63, 3.8) is 0 Å². The van der Waals surface area contributed by atoms with E-state index in [2.05, 4.69) is 21.8 Å². The van der Waals surface area contributed by atoms with Crippen molar-refractivity contribution in [2.45, 2.75) is 25.8 Å². The maximum Gasteiger partial charge on any atom is 0.257 e. The van der Waals surface area contributed by atoms with Crippen LogP contribution in [0.1, 0.15) is 35.1 Å². The molecular weight excluding hydrogens is 404 g/mol. The Hall–Kier alpha value is -3.94. The maximum atomic E-state index is 13.9. The van der Waals surface area contributed by atoms with Gasteiger partial charge >= 0.3 is 0 Å². The number of aromatic amines is 1. The molecule has 1 N–H and O–H groups in total. The molecule has 5 rings (SSSR count). The van der Waals surface area contributed by atoms with Crippen molar-refractivity contribution < 1.29 is 9.53 Å². The first kappa shape index (κ1) is 20.0. The van der Waals surface area contributed by atoms with Crippen molar-refractivity contribution in [2.24, 2.45) is 0 Å². The van der Waals surface area contributed by atoms with Crippen LogP contribution in [0.15, 0.2) is 60.9 Å². The lowest BCUT2D eigenvalue weighted by Crippen LogP contribution is -2.44. The predicted octanol–water partition coefficient (Wildman–Crippen LogP) is 3.78. The van der Waals surface area contributed by atoms with Crippen LogP contribution in [0.5, 0.6) is 5.75 Å². The highest BCUT2D eigenvalue weighted by atomic mass is 16.5. The molecule has 1 unspecified atom stereocenters. The van der Waals surface area contributed by atoms with E-state index < -0.39 is 5.54 Å². The van der Waals surface area contributed by atoms with Crippen LogP contribution >= 0.6 is 0 Å². The predicted molar refractivity (Wildman–Crippen MR) is 121 cm³/mol.